The number of hydrogen-bond acceptors (Lipinski definition) is 4. The Balaban J connectivity index is 0.00000420. The van der Waals surface area contributed by atoms with E-state index in [1.807, 2.05) is 31.2 Å². The lowest BCUT2D eigenvalue weighted by Gasteiger charge is -2.20. The maximum absolute atomic E-state index is 6.29. The van der Waals surface area contributed by atoms with Gasteiger partial charge in [0.25, 0.3) is 0 Å². The lowest BCUT2D eigenvalue weighted by molar-refractivity contribution is 0.323. The molecule has 0 spiro atoms. The predicted octanol–water partition coefficient (Wildman–Crippen LogP) is 5.06. The molecule has 1 unspecified atom stereocenters. The third-order valence-corrected chi connectivity index (χ3v) is 4.75. The highest BCUT2D eigenvalue weighted by Gasteiger charge is 2.15. The summed E-state index contributed by atoms with van der Waals surface area (Å²) in [7, 11) is 6.47. The van der Waals surface area contributed by atoms with E-state index in [-0.39, 0.29) is 30.0 Å². The summed E-state index contributed by atoms with van der Waals surface area (Å²) in [6.07, 6.45) is 0. The molecule has 0 saturated carbocycles. The quantitative estimate of drug-likeness (QED) is 0.285. The summed E-state index contributed by atoms with van der Waals surface area (Å²) in [5.41, 5.74) is 1.89. The fraction of sp³-hybridized carbons (Fsp3) is 0.350. The molecule has 0 fully saturated rings. The Morgan fingerprint density at radius 1 is 1.03 bits per heavy atom. The summed E-state index contributed by atoms with van der Waals surface area (Å²) in [4.78, 5) is 4.27. The van der Waals surface area contributed by atoms with Gasteiger partial charge in [-0.2, -0.15) is 0 Å². The molecule has 0 radical (unpaired) electrons. The number of aliphatic imine (C=N–C) groups is 1. The molecule has 0 aliphatic carbocycles. The fourth-order valence-electron chi connectivity index (χ4n) is 2.75. The minimum Gasteiger partial charge on any atom is -0.493 e. The van der Waals surface area contributed by atoms with Gasteiger partial charge in [0.15, 0.2) is 17.5 Å². The van der Waals surface area contributed by atoms with Crippen molar-refractivity contribution >= 4 is 53.1 Å². The van der Waals surface area contributed by atoms with Crippen LogP contribution >= 0.6 is 47.2 Å². The first-order chi connectivity index (χ1) is 13.4. The highest BCUT2D eigenvalue weighted by molar-refractivity contribution is 14.0. The summed E-state index contributed by atoms with van der Waals surface area (Å²) in [5.74, 6) is 2.39. The Labute approximate surface area is 198 Å². The predicted molar refractivity (Wildman–Crippen MR) is 130 cm³/mol. The molecule has 0 amide bonds. The first kappa shape index (κ1) is 25.5. The van der Waals surface area contributed by atoms with Gasteiger partial charge in [-0.05, 0) is 42.3 Å². The number of halogens is 3. The van der Waals surface area contributed by atoms with E-state index in [0.717, 1.165) is 11.1 Å². The third-order valence-electron chi connectivity index (χ3n) is 4.19. The number of benzene rings is 2. The molecule has 29 heavy (non-hydrogen) atoms. The number of guanidine groups is 1. The van der Waals surface area contributed by atoms with E-state index < -0.39 is 0 Å². The van der Waals surface area contributed by atoms with Gasteiger partial charge in [0.05, 0.1) is 27.4 Å². The molecular weight excluding hydrogens is 528 g/mol. The number of hydrogen-bond donors (Lipinski definition) is 2. The van der Waals surface area contributed by atoms with E-state index in [2.05, 4.69) is 15.6 Å². The van der Waals surface area contributed by atoms with Crippen LogP contribution in [0.3, 0.4) is 0 Å². The zero-order valence-electron chi connectivity index (χ0n) is 17.0. The van der Waals surface area contributed by atoms with Gasteiger partial charge in [0, 0.05) is 23.6 Å². The van der Waals surface area contributed by atoms with Crippen LogP contribution < -0.4 is 24.8 Å². The Bertz CT molecular complexity index is 825. The van der Waals surface area contributed by atoms with Gasteiger partial charge < -0.3 is 24.8 Å². The van der Waals surface area contributed by atoms with Gasteiger partial charge in [-0.1, -0.05) is 29.3 Å². The molecule has 0 aliphatic rings. The van der Waals surface area contributed by atoms with Gasteiger partial charge in [-0.25, -0.2) is 0 Å². The largest absolute Gasteiger partial charge is 0.493 e. The van der Waals surface area contributed by atoms with Gasteiger partial charge in [0.1, 0.15) is 0 Å². The Morgan fingerprint density at radius 3 is 2.14 bits per heavy atom. The summed E-state index contributed by atoms with van der Waals surface area (Å²) < 4.78 is 16.1. The number of ether oxygens (including phenoxy) is 3. The molecule has 2 aromatic carbocycles. The molecular formula is C20H26Cl2IN3O3. The van der Waals surface area contributed by atoms with Crippen molar-refractivity contribution in [3.05, 3.63) is 51.5 Å². The maximum atomic E-state index is 6.29. The summed E-state index contributed by atoms with van der Waals surface area (Å²) in [6, 6.07) is 9.16. The first-order valence-corrected chi connectivity index (χ1v) is 9.40. The van der Waals surface area contributed by atoms with Crippen molar-refractivity contribution in [3.63, 3.8) is 0 Å². The summed E-state index contributed by atoms with van der Waals surface area (Å²) in [6.45, 7) is 2.51. The lowest BCUT2D eigenvalue weighted by Crippen LogP contribution is -2.38. The van der Waals surface area contributed by atoms with Crippen LogP contribution in [0.2, 0.25) is 10.0 Å². The van der Waals surface area contributed by atoms with Crippen LogP contribution in [-0.2, 0) is 6.54 Å². The van der Waals surface area contributed by atoms with E-state index >= 15 is 0 Å². The standard InChI is InChI=1S/C20H25Cl2N3O3.HI/c1-12(15-7-6-14(21)10-16(15)22)25-20(23-2)24-11-13-8-17(26-3)19(28-5)18(9-13)27-4;/h6-10,12H,11H2,1-5H3,(H2,23,24,25);1H. The zero-order chi connectivity index (χ0) is 20.7. The molecule has 160 valence electrons. The first-order valence-electron chi connectivity index (χ1n) is 8.64. The van der Waals surface area contributed by atoms with Crippen molar-refractivity contribution in [2.45, 2.75) is 19.5 Å². The average molecular weight is 554 g/mol. The fourth-order valence-corrected chi connectivity index (χ4v) is 3.33. The van der Waals surface area contributed by atoms with E-state index in [0.29, 0.717) is 39.8 Å². The van der Waals surface area contributed by atoms with Crippen molar-refractivity contribution in [2.24, 2.45) is 4.99 Å². The smallest absolute Gasteiger partial charge is 0.203 e. The van der Waals surface area contributed by atoms with Crippen LogP contribution in [0.5, 0.6) is 17.2 Å². The molecule has 2 N–H and O–H groups in total. The van der Waals surface area contributed by atoms with E-state index in [1.54, 1.807) is 34.4 Å². The highest BCUT2D eigenvalue weighted by Crippen LogP contribution is 2.38. The Kier molecular flexibility index (Phi) is 10.7. The third kappa shape index (κ3) is 6.72. The molecule has 9 heteroatoms. The van der Waals surface area contributed by atoms with Crippen LogP contribution in [-0.4, -0.2) is 34.3 Å². The van der Waals surface area contributed by atoms with Gasteiger partial charge in [-0.3, -0.25) is 4.99 Å². The number of nitrogens with zero attached hydrogens (tertiary/aromatic N) is 1. The SMILES string of the molecule is CN=C(NCc1cc(OC)c(OC)c(OC)c1)NC(C)c1ccc(Cl)cc1Cl.I. The molecule has 6 nitrogen and oxygen atoms in total. The average Bonchev–Trinajstić information content (AvgIpc) is 2.69. The van der Waals surface area contributed by atoms with Crippen molar-refractivity contribution < 1.29 is 14.2 Å². The van der Waals surface area contributed by atoms with Crippen molar-refractivity contribution in [3.8, 4) is 17.2 Å². The molecule has 0 heterocycles. The van der Waals surface area contributed by atoms with Crippen LogP contribution in [0.15, 0.2) is 35.3 Å². The van der Waals surface area contributed by atoms with Crippen LogP contribution in [0, 0.1) is 0 Å². The van der Waals surface area contributed by atoms with Crippen LogP contribution in [0.25, 0.3) is 0 Å². The topological polar surface area (TPSA) is 64.1 Å². The molecule has 2 aromatic rings. The second-order valence-electron chi connectivity index (χ2n) is 5.99. The van der Waals surface area contributed by atoms with E-state index in [9.17, 15) is 0 Å². The van der Waals surface area contributed by atoms with Gasteiger partial charge in [-0.15, -0.1) is 24.0 Å². The van der Waals surface area contributed by atoms with E-state index in [4.69, 9.17) is 37.4 Å². The van der Waals surface area contributed by atoms with Crippen molar-refractivity contribution in [1.82, 2.24) is 10.6 Å². The molecule has 1 atom stereocenters. The van der Waals surface area contributed by atoms with Crippen LogP contribution in [0.1, 0.15) is 24.1 Å². The Hall–Kier alpha value is -1.58. The molecule has 2 rings (SSSR count). The zero-order valence-corrected chi connectivity index (χ0v) is 20.8. The van der Waals surface area contributed by atoms with Crippen molar-refractivity contribution in [1.29, 1.82) is 0 Å². The van der Waals surface area contributed by atoms with Crippen molar-refractivity contribution in [2.75, 3.05) is 28.4 Å². The molecule has 0 aliphatic heterocycles. The highest BCUT2D eigenvalue weighted by atomic mass is 127. The summed E-state index contributed by atoms with van der Waals surface area (Å²) >= 11 is 12.3. The number of nitrogens with one attached hydrogen (secondary N) is 2. The Morgan fingerprint density at radius 2 is 1.66 bits per heavy atom. The molecule has 0 bridgehead atoms. The summed E-state index contributed by atoms with van der Waals surface area (Å²) in [5, 5.41) is 7.80. The maximum Gasteiger partial charge on any atom is 0.203 e. The van der Waals surface area contributed by atoms with E-state index in [1.165, 1.54) is 0 Å². The van der Waals surface area contributed by atoms with Crippen LogP contribution in [0.4, 0.5) is 0 Å². The number of methoxy groups -OCH3 is 3. The van der Waals surface area contributed by atoms with Gasteiger partial charge >= 0.3 is 0 Å². The van der Waals surface area contributed by atoms with Gasteiger partial charge in [0.2, 0.25) is 5.75 Å². The normalized spacial score (nSPS) is 11.9. The second kappa shape index (κ2) is 12.2. The minimum atomic E-state index is -0.0593. The lowest BCUT2D eigenvalue weighted by atomic mass is 10.1. The minimum absolute atomic E-state index is 0. The number of rotatable bonds is 7. The second-order valence-corrected chi connectivity index (χ2v) is 6.83. The monoisotopic (exact) mass is 553 g/mol. The molecule has 0 saturated heterocycles. The molecule has 0 aromatic heterocycles.